The van der Waals surface area contributed by atoms with Crippen molar-refractivity contribution in [3.63, 3.8) is 0 Å². The van der Waals surface area contributed by atoms with Gasteiger partial charge >= 0.3 is 0 Å². The third-order valence-corrected chi connectivity index (χ3v) is 5.39. The van der Waals surface area contributed by atoms with Crippen molar-refractivity contribution >= 4 is 11.8 Å². The summed E-state index contributed by atoms with van der Waals surface area (Å²) in [5.74, 6) is 1.51. The average molecular weight is 259 g/mol. The second-order valence-corrected chi connectivity index (χ2v) is 7.50. The zero-order chi connectivity index (χ0) is 12.9. The van der Waals surface area contributed by atoms with Gasteiger partial charge in [-0.2, -0.15) is 11.8 Å². The highest BCUT2D eigenvalue weighted by atomic mass is 32.2. The van der Waals surface area contributed by atoms with Crippen molar-refractivity contribution in [1.29, 1.82) is 0 Å². The Morgan fingerprint density at radius 2 is 2.18 bits per heavy atom. The molecule has 2 N–H and O–H groups in total. The fourth-order valence-electron chi connectivity index (χ4n) is 2.53. The summed E-state index contributed by atoms with van der Waals surface area (Å²) >= 11 is 2.06. The Hall–Kier alpha value is 0.270. The van der Waals surface area contributed by atoms with E-state index >= 15 is 0 Å². The summed E-state index contributed by atoms with van der Waals surface area (Å²) in [7, 11) is 0. The van der Waals surface area contributed by atoms with Gasteiger partial charge in [-0.1, -0.05) is 27.7 Å². The van der Waals surface area contributed by atoms with Gasteiger partial charge in [0.2, 0.25) is 0 Å². The third-order valence-electron chi connectivity index (χ3n) is 3.71. The lowest BCUT2D eigenvalue weighted by Crippen LogP contribution is -2.45. The summed E-state index contributed by atoms with van der Waals surface area (Å²) in [5, 5.41) is 13.5. The quantitative estimate of drug-likeness (QED) is 0.769. The Kier molecular flexibility index (Phi) is 6.32. The van der Waals surface area contributed by atoms with Crippen LogP contribution in [0.3, 0.4) is 0 Å². The van der Waals surface area contributed by atoms with E-state index in [2.05, 4.69) is 44.8 Å². The summed E-state index contributed by atoms with van der Waals surface area (Å²) in [6, 6.07) is 0.670. The van der Waals surface area contributed by atoms with Crippen molar-refractivity contribution in [2.75, 3.05) is 18.9 Å². The van der Waals surface area contributed by atoms with Crippen molar-refractivity contribution in [2.24, 2.45) is 11.3 Å². The Morgan fingerprint density at radius 3 is 2.76 bits per heavy atom. The van der Waals surface area contributed by atoms with E-state index in [4.69, 9.17) is 5.11 Å². The molecule has 17 heavy (non-hydrogen) atoms. The van der Waals surface area contributed by atoms with Crippen LogP contribution in [-0.2, 0) is 0 Å². The first-order chi connectivity index (χ1) is 7.98. The molecule has 0 aromatic carbocycles. The highest BCUT2D eigenvalue weighted by Crippen LogP contribution is 2.40. The van der Waals surface area contributed by atoms with Gasteiger partial charge in [0.15, 0.2) is 0 Å². The Morgan fingerprint density at radius 1 is 1.47 bits per heavy atom. The zero-order valence-corrected chi connectivity index (χ0v) is 12.6. The molecule has 0 spiro atoms. The summed E-state index contributed by atoms with van der Waals surface area (Å²) < 4.78 is 0. The van der Waals surface area contributed by atoms with Gasteiger partial charge in [-0.25, -0.2) is 0 Å². The SMILES string of the molecule is CCNC1CCC(C)(C)CC1SCC(C)CO. The van der Waals surface area contributed by atoms with E-state index in [1.54, 1.807) is 0 Å². The van der Waals surface area contributed by atoms with Crippen molar-refractivity contribution < 1.29 is 5.11 Å². The van der Waals surface area contributed by atoms with E-state index in [9.17, 15) is 0 Å². The van der Waals surface area contributed by atoms with Gasteiger partial charge in [0, 0.05) is 17.9 Å². The molecule has 1 fully saturated rings. The highest BCUT2D eigenvalue weighted by molar-refractivity contribution is 7.99. The van der Waals surface area contributed by atoms with E-state index in [1.165, 1.54) is 19.3 Å². The van der Waals surface area contributed by atoms with Gasteiger partial charge in [0.1, 0.15) is 0 Å². The van der Waals surface area contributed by atoms with Gasteiger partial charge in [0.25, 0.3) is 0 Å². The molecular formula is C14H29NOS. The van der Waals surface area contributed by atoms with Crippen LogP contribution in [0.1, 0.15) is 47.0 Å². The first-order valence-electron chi connectivity index (χ1n) is 6.94. The second kappa shape index (κ2) is 7.01. The van der Waals surface area contributed by atoms with Crippen LogP contribution in [0.2, 0.25) is 0 Å². The molecule has 3 unspecified atom stereocenters. The normalized spacial score (nSPS) is 30.2. The van der Waals surface area contributed by atoms with Crippen molar-refractivity contribution in [1.82, 2.24) is 5.32 Å². The standard InChI is InChI=1S/C14H29NOS/c1-5-15-12-6-7-14(3,4)8-13(12)17-10-11(2)9-16/h11-13,15-16H,5-10H2,1-4H3. The molecule has 1 saturated carbocycles. The van der Waals surface area contributed by atoms with Crippen LogP contribution >= 0.6 is 11.8 Å². The van der Waals surface area contributed by atoms with Crippen LogP contribution < -0.4 is 5.32 Å². The Labute approximate surface area is 111 Å². The van der Waals surface area contributed by atoms with Crippen LogP contribution in [0, 0.1) is 11.3 Å². The summed E-state index contributed by atoms with van der Waals surface area (Å²) in [6.07, 6.45) is 3.93. The Bertz CT molecular complexity index is 220. The molecule has 1 aliphatic carbocycles. The molecule has 102 valence electrons. The van der Waals surface area contributed by atoms with E-state index in [1.807, 2.05) is 0 Å². The highest BCUT2D eigenvalue weighted by Gasteiger charge is 2.34. The molecule has 0 aromatic heterocycles. The van der Waals surface area contributed by atoms with Gasteiger partial charge in [-0.05, 0) is 42.9 Å². The molecule has 0 aromatic rings. The number of thioether (sulfide) groups is 1. The first-order valence-corrected chi connectivity index (χ1v) is 7.99. The largest absolute Gasteiger partial charge is 0.396 e. The predicted molar refractivity (Wildman–Crippen MR) is 77.6 cm³/mol. The second-order valence-electron chi connectivity index (χ2n) is 6.23. The maximum absolute atomic E-state index is 9.11. The lowest BCUT2D eigenvalue weighted by Gasteiger charge is -2.41. The topological polar surface area (TPSA) is 32.3 Å². The van der Waals surface area contributed by atoms with Crippen LogP contribution in [-0.4, -0.2) is 35.3 Å². The maximum atomic E-state index is 9.11. The molecule has 2 nitrogen and oxygen atoms in total. The average Bonchev–Trinajstić information content (AvgIpc) is 2.28. The molecule has 3 atom stereocenters. The molecule has 0 saturated heterocycles. The molecule has 0 radical (unpaired) electrons. The molecule has 0 heterocycles. The van der Waals surface area contributed by atoms with Crippen molar-refractivity contribution in [2.45, 2.75) is 58.2 Å². The predicted octanol–water partition coefficient (Wildman–Crippen LogP) is 2.90. The first kappa shape index (κ1) is 15.3. The van der Waals surface area contributed by atoms with E-state index < -0.39 is 0 Å². The van der Waals surface area contributed by atoms with Crippen LogP contribution in [0.5, 0.6) is 0 Å². The maximum Gasteiger partial charge on any atom is 0.0464 e. The molecule has 1 rings (SSSR count). The summed E-state index contributed by atoms with van der Waals surface area (Å²) in [6.45, 7) is 10.5. The van der Waals surface area contributed by atoms with Gasteiger partial charge in [-0.3, -0.25) is 0 Å². The van der Waals surface area contributed by atoms with Gasteiger partial charge in [-0.15, -0.1) is 0 Å². The number of rotatable bonds is 6. The van der Waals surface area contributed by atoms with Crippen LogP contribution in [0.4, 0.5) is 0 Å². The van der Waals surface area contributed by atoms with E-state index in [0.717, 1.165) is 12.3 Å². The fraction of sp³-hybridized carbons (Fsp3) is 1.00. The molecule has 3 heteroatoms. The number of hydrogen-bond donors (Lipinski definition) is 2. The molecular weight excluding hydrogens is 230 g/mol. The third kappa shape index (κ3) is 5.19. The number of aliphatic hydroxyl groups excluding tert-OH is 1. The fourth-order valence-corrected chi connectivity index (χ4v) is 4.25. The Balaban J connectivity index is 2.48. The molecule has 0 amide bonds. The van der Waals surface area contributed by atoms with Gasteiger partial charge in [0.05, 0.1) is 0 Å². The minimum absolute atomic E-state index is 0.314. The van der Waals surface area contributed by atoms with Crippen molar-refractivity contribution in [3.05, 3.63) is 0 Å². The molecule has 1 aliphatic rings. The number of aliphatic hydroxyl groups is 1. The molecule has 0 aliphatic heterocycles. The summed E-state index contributed by atoms with van der Waals surface area (Å²) in [5.41, 5.74) is 0.492. The summed E-state index contributed by atoms with van der Waals surface area (Å²) in [4.78, 5) is 0. The minimum Gasteiger partial charge on any atom is -0.396 e. The van der Waals surface area contributed by atoms with Gasteiger partial charge < -0.3 is 10.4 Å². The lowest BCUT2D eigenvalue weighted by molar-refractivity contribution is 0.214. The van der Waals surface area contributed by atoms with Crippen molar-refractivity contribution in [3.8, 4) is 0 Å². The van der Waals surface area contributed by atoms with E-state index in [-0.39, 0.29) is 0 Å². The van der Waals surface area contributed by atoms with Crippen LogP contribution in [0.25, 0.3) is 0 Å². The number of hydrogen-bond acceptors (Lipinski definition) is 3. The monoisotopic (exact) mass is 259 g/mol. The zero-order valence-electron chi connectivity index (χ0n) is 11.8. The molecule has 0 bridgehead atoms. The lowest BCUT2D eigenvalue weighted by atomic mass is 9.75. The van der Waals surface area contributed by atoms with Crippen LogP contribution in [0.15, 0.2) is 0 Å². The number of nitrogens with one attached hydrogen (secondary N) is 1. The minimum atomic E-state index is 0.314. The smallest absolute Gasteiger partial charge is 0.0464 e. The van der Waals surface area contributed by atoms with E-state index in [0.29, 0.717) is 29.2 Å².